The molecule has 0 saturated carbocycles. The van der Waals surface area contributed by atoms with E-state index in [-0.39, 0.29) is 40.8 Å². The van der Waals surface area contributed by atoms with Gasteiger partial charge in [-0.15, -0.1) is 0 Å². The number of ether oxygens (including phenoxy) is 1. The molecule has 0 radical (unpaired) electrons. The minimum Gasteiger partial charge on any atom is -0.492 e. The molecule has 9 heteroatoms. The van der Waals surface area contributed by atoms with Crippen molar-refractivity contribution in [3.8, 4) is 5.75 Å². The number of nitrogens with zero attached hydrogens (tertiary/aromatic N) is 1. The van der Waals surface area contributed by atoms with Crippen LogP contribution in [0.4, 0.5) is 5.69 Å². The first-order valence-corrected chi connectivity index (χ1v) is 12.2. The summed E-state index contributed by atoms with van der Waals surface area (Å²) in [7, 11) is -0.907. The molecule has 2 aromatic rings. The van der Waals surface area contributed by atoms with Gasteiger partial charge in [0.2, 0.25) is 15.9 Å². The molecule has 0 atom stereocenters. The fourth-order valence-corrected chi connectivity index (χ4v) is 4.05. The average molecular weight is 476 g/mol. The molecule has 2 N–H and O–H groups in total. The molecule has 0 aliphatic carbocycles. The molecule has 0 heterocycles. The highest BCUT2D eigenvalue weighted by Crippen LogP contribution is 2.29. The normalized spacial score (nSPS) is 11.8. The van der Waals surface area contributed by atoms with Crippen molar-refractivity contribution in [3.05, 3.63) is 53.6 Å². The van der Waals surface area contributed by atoms with Gasteiger partial charge in [0.15, 0.2) is 0 Å². The molecule has 2 amide bonds. The second kappa shape index (κ2) is 10.8. The largest absolute Gasteiger partial charge is 0.492 e. The molecule has 0 aromatic heterocycles. The standard InChI is InChI=1S/C24H33N3O5S/c1-7-32-20-13-12-19(16-21(20)33(30,31)27(5)6)26-22(28)14-15-25-23(29)17-8-10-18(11-9-17)24(2,3)4/h8-13,16H,7,14-15H2,1-6H3,(H,25,29)(H,26,28). The van der Waals surface area contributed by atoms with Crippen LogP contribution in [0, 0.1) is 0 Å². The number of sulfonamides is 1. The van der Waals surface area contributed by atoms with E-state index in [0.29, 0.717) is 17.9 Å². The van der Waals surface area contributed by atoms with E-state index in [0.717, 1.165) is 9.87 Å². The molecule has 8 nitrogen and oxygen atoms in total. The molecule has 0 saturated heterocycles. The van der Waals surface area contributed by atoms with Crippen LogP contribution < -0.4 is 15.4 Å². The number of carbonyl (C=O) groups excluding carboxylic acids is 2. The summed E-state index contributed by atoms with van der Waals surface area (Å²) >= 11 is 0. The van der Waals surface area contributed by atoms with Crippen molar-refractivity contribution >= 4 is 27.5 Å². The number of nitrogens with one attached hydrogen (secondary N) is 2. The summed E-state index contributed by atoms with van der Waals surface area (Å²) in [6.45, 7) is 8.51. The van der Waals surface area contributed by atoms with Crippen molar-refractivity contribution in [2.24, 2.45) is 0 Å². The van der Waals surface area contributed by atoms with E-state index in [9.17, 15) is 18.0 Å². The Morgan fingerprint density at radius 3 is 2.21 bits per heavy atom. The van der Waals surface area contributed by atoms with Crippen LogP contribution in [0.5, 0.6) is 5.75 Å². The summed E-state index contributed by atoms with van der Waals surface area (Å²) in [5.74, 6) is -0.395. The quantitative estimate of drug-likeness (QED) is 0.578. The van der Waals surface area contributed by atoms with Gasteiger partial charge in [0.25, 0.3) is 5.91 Å². The number of carbonyl (C=O) groups is 2. The predicted molar refractivity (Wildman–Crippen MR) is 129 cm³/mol. The van der Waals surface area contributed by atoms with Crippen LogP contribution in [0.25, 0.3) is 0 Å². The number of benzene rings is 2. The third-order valence-electron chi connectivity index (χ3n) is 4.94. The number of amides is 2. The second-order valence-electron chi connectivity index (χ2n) is 8.76. The minimum atomic E-state index is -3.76. The Morgan fingerprint density at radius 1 is 1.03 bits per heavy atom. The van der Waals surface area contributed by atoms with E-state index < -0.39 is 10.0 Å². The van der Waals surface area contributed by atoms with E-state index in [4.69, 9.17) is 4.74 Å². The first-order chi connectivity index (χ1) is 15.4. The van der Waals surface area contributed by atoms with Crippen LogP contribution in [0.2, 0.25) is 0 Å². The van der Waals surface area contributed by atoms with Crippen LogP contribution in [0.15, 0.2) is 47.4 Å². The highest BCUT2D eigenvalue weighted by molar-refractivity contribution is 7.89. The van der Waals surface area contributed by atoms with E-state index in [2.05, 4.69) is 31.4 Å². The molecule has 2 rings (SSSR count). The fraction of sp³-hybridized carbons (Fsp3) is 0.417. The maximum atomic E-state index is 12.6. The van der Waals surface area contributed by atoms with E-state index >= 15 is 0 Å². The molecule has 2 aromatic carbocycles. The lowest BCUT2D eigenvalue weighted by atomic mass is 9.87. The first kappa shape index (κ1) is 26.3. The van der Waals surface area contributed by atoms with Gasteiger partial charge in [0.1, 0.15) is 10.6 Å². The van der Waals surface area contributed by atoms with Crippen molar-refractivity contribution in [1.82, 2.24) is 9.62 Å². The Morgan fingerprint density at radius 2 is 1.67 bits per heavy atom. The predicted octanol–water partition coefficient (Wildman–Crippen LogP) is 3.39. The van der Waals surface area contributed by atoms with Gasteiger partial charge in [-0.25, -0.2) is 12.7 Å². The topological polar surface area (TPSA) is 105 Å². The molecule has 0 aliphatic rings. The van der Waals surface area contributed by atoms with Crippen LogP contribution >= 0.6 is 0 Å². The summed E-state index contributed by atoms with van der Waals surface area (Å²) in [4.78, 5) is 24.6. The zero-order valence-corrected chi connectivity index (χ0v) is 20.9. The Labute approximate surface area is 196 Å². The van der Waals surface area contributed by atoms with Crippen molar-refractivity contribution in [3.63, 3.8) is 0 Å². The van der Waals surface area contributed by atoms with Crippen LogP contribution in [0.3, 0.4) is 0 Å². The smallest absolute Gasteiger partial charge is 0.251 e. The van der Waals surface area contributed by atoms with E-state index in [1.54, 1.807) is 25.1 Å². The van der Waals surface area contributed by atoms with Gasteiger partial charge in [-0.2, -0.15) is 0 Å². The third-order valence-corrected chi connectivity index (χ3v) is 6.77. The molecule has 0 aliphatic heterocycles. The molecule has 180 valence electrons. The highest BCUT2D eigenvalue weighted by atomic mass is 32.2. The van der Waals surface area contributed by atoms with Gasteiger partial charge in [0, 0.05) is 38.3 Å². The van der Waals surface area contributed by atoms with Gasteiger partial charge in [-0.05, 0) is 48.2 Å². The molecule has 0 fully saturated rings. The number of rotatable bonds is 9. The lowest BCUT2D eigenvalue weighted by Gasteiger charge is -2.19. The zero-order chi connectivity index (χ0) is 24.8. The average Bonchev–Trinajstić information content (AvgIpc) is 2.74. The number of hydrogen-bond acceptors (Lipinski definition) is 5. The van der Waals surface area contributed by atoms with Crippen molar-refractivity contribution in [2.45, 2.75) is 44.4 Å². The summed E-state index contributed by atoms with van der Waals surface area (Å²) in [6.07, 6.45) is 0.0365. The summed E-state index contributed by atoms with van der Waals surface area (Å²) in [5, 5.41) is 5.40. The number of anilines is 1. The van der Waals surface area contributed by atoms with Gasteiger partial charge in [-0.3, -0.25) is 9.59 Å². The zero-order valence-electron chi connectivity index (χ0n) is 20.1. The Balaban J connectivity index is 1.98. The SMILES string of the molecule is CCOc1ccc(NC(=O)CCNC(=O)c2ccc(C(C)(C)C)cc2)cc1S(=O)(=O)N(C)C. The summed E-state index contributed by atoms with van der Waals surface area (Å²) in [6, 6.07) is 11.8. The van der Waals surface area contributed by atoms with Crippen molar-refractivity contribution in [1.29, 1.82) is 0 Å². The van der Waals surface area contributed by atoms with Crippen LogP contribution in [0.1, 0.15) is 50.0 Å². The monoisotopic (exact) mass is 475 g/mol. The Bertz CT molecular complexity index is 1090. The van der Waals surface area contributed by atoms with E-state index in [1.807, 2.05) is 12.1 Å². The van der Waals surface area contributed by atoms with E-state index in [1.165, 1.54) is 26.2 Å². The number of hydrogen-bond donors (Lipinski definition) is 2. The maximum Gasteiger partial charge on any atom is 0.251 e. The summed E-state index contributed by atoms with van der Waals surface area (Å²) < 4.78 is 31.7. The van der Waals surface area contributed by atoms with Crippen molar-refractivity contribution < 1.29 is 22.7 Å². The van der Waals surface area contributed by atoms with Crippen LogP contribution in [-0.4, -0.2) is 51.8 Å². The molecule has 0 unspecified atom stereocenters. The van der Waals surface area contributed by atoms with Gasteiger partial charge >= 0.3 is 0 Å². The maximum absolute atomic E-state index is 12.6. The molecule has 33 heavy (non-hydrogen) atoms. The highest BCUT2D eigenvalue weighted by Gasteiger charge is 2.23. The van der Waals surface area contributed by atoms with Crippen molar-refractivity contribution in [2.75, 3.05) is 32.6 Å². The second-order valence-corrected chi connectivity index (χ2v) is 10.9. The molecule has 0 spiro atoms. The van der Waals surface area contributed by atoms with Gasteiger partial charge in [-0.1, -0.05) is 32.9 Å². The van der Waals surface area contributed by atoms with Crippen LogP contribution in [-0.2, 0) is 20.2 Å². The Hall–Kier alpha value is -2.91. The lowest BCUT2D eigenvalue weighted by molar-refractivity contribution is -0.116. The first-order valence-electron chi connectivity index (χ1n) is 10.7. The minimum absolute atomic E-state index is 0.000295. The third kappa shape index (κ3) is 7.03. The lowest BCUT2D eigenvalue weighted by Crippen LogP contribution is -2.28. The molecular formula is C24H33N3O5S. The van der Waals surface area contributed by atoms with Gasteiger partial charge < -0.3 is 15.4 Å². The molecular weight excluding hydrogens is 442 g/mol. The molecule has 0 bridgehead atoms. The summed E-state index contributed by atoms with van der Waals surface area (Å²) in [5.41, 5.74) is 1.98. The Kier molecular flexibility index (Phi) is 8.63. The fourth-order valence-electron chi connectivity index (χ4n) is 3.00. The van der Waals surface area contributed by atoms with Gasteiger partial charge in [0.05, 0.1) is 6.61 Å².